The maximum absolute atomic E-state index is 7.00. The Balaban J connectivity index is 0.000000306. The first kappa shape index (κ1) is 23.8. The van der Waals surface area contributed by atoms with Gasteiger partial charge in [0.1, 0.15) is 5.82 Å². The van der Waals surface area contributed by atoms with E-state index < -0.39 is 0 Å². The second-order valence-electron chi connectivity index (χ2n) is 6.75. The largest absolute Gasteiger partial charge is 0.400 e. The van der Waals surface area contributed by atoms with Crippen LogP contribution in [0.15, 0.2) is 30.6 Å². The fourth-order valence-corrected chi connectivity index (χ4v) is 3.06. The van der Waals surface area contributed by atoms with Gasteiger partial charge in [-0.25, -0.2) is 4.98 Å². The zero-order valence-corrected chi connectivity index (χ0v) is 18.4. The van der Waals surface area contributed by atoms with E-state index in [1.807, 2.05) is 25.3 Å². The fraction of sp³-hybridized carbons (Fsp3) is 0.571. The topological polar surface area (TPSA) is 101 Å². The molecule has 2 N–H and O–H groups in total. The summed E-state index contributed by atoms with van der Waals surface area (Å²) in [5, 5.41) is 19.3. The number of aliphatic hydroxyl groups is 1. The van der Waals surface area contributed by atoms with Gasteiger partial charge >= 0.3 is 0 Å². The molecule has 0 amide bonds. The highest BCUT2D eigenvalue weighted by Crippen LogP contribution is 2.22. The molecule has 9 nitrogen and oxygen atoms in total. The van der Waals surface area contributed by atoms with Crippen LogP contribution in [-0.2, 0) is 9.47 Å². The van der Waals surface area contributed by atoms with Crippen LogP contribution in [0.3, 0.4) is 0 Å². The minimum atomic E-state index is 0.326. The van der Waals surface area contributed by atoms with Crippen LogP contribution in [0.25, 0.3) is 16.9 Å². The molecular weight excluding hydrogens is 384 g/mol. The SMILES string of the molecule is CC1COCCN1c1ccc2cnn(-c3ccn[nH]3)c2n1.CCCCOCC.CO. The third kappa shape index (κ3) is 6.25. The molecule has 1 fully saturated rings. The van der Waals surface area contributed by atoms with E-state index in [2.05, 4.69) is 40.1 Å². The number of H-pyrrole nitrogens is 1. The lowest BCUT2D eigenvalue weighted by Crippen LogP contribution is -2.44. The third-order valence-electron chi connectivity index (χ3n) is 4.63. The van der Waals surface area contributed by atoms with Gasteiger partial charge in [0.2, 0.25) is 0 Å². The Kier molecular flexibility index (Phi) is 10.3. The number of ether oxygens (including phenoxy) is 2. The van der Waals surface area contributed by atoms with Crippen LogP contribution in [0.5, 0.6) is 0 Å². The molecule has 0 aliphatic carbocycles. The molecule has 0 spiro atoms. The molecule has 4 rings (SSSR count). The predicted octanol–water partition coefficient (Wildman–Crippen LogP) is 2.80. The smallest absolute Gasteiger partial charge is 0.166 e. The van der Waals surface area contributed by atoms with Crippen molar-refractivity contribution in [1.29, 1.82) is 0 Å². The van der Waals surface area contributed by atoms with Crippen molar-refractivity contribution in [3.63, 3.8) is 0 Å². The minimum Gasteiger partial charge on any atom is -0.400 e. The average molecular weight is 419 g/mol. The van der Waals surface area contributed by atoms with Crippen molar-refractivity contribution in [2.45, 2.75) is 39.7 Å². The number of aliphatic hydroxyl groups excluding tert-OH is 1. The lowest BCUT2D eigenvalue weighted by Gasteiger charge is -2.34. The van der Waals surface area contributed by atoms with Gasteiger partial charge < -0.3 is 19.5 Å². The van der Waals surface area contributed by atoms with E-state index in [-0.39, 0.29) is 0 Å². The summed E-state index contributed by atoms with van der Waals surface area (Å²) in [6, 6.07) is 6.30. The van der Waals surface area contributed by atoms with Gasteiger partial charge in [0.05, 0.1) is 31.6 Å². The summed E-state index contributed by atoms with van der Waals surface area (Å²) in [4.78, 5) is 7.06. The fourth-order valence-electron chi connectivity index (χ4n) is 3.06. The number of rotatable bonds is 6. The molecule has 9 heteroatoms. The quantitative estimate of drug-likeness (QED) is 0.594. The molecule has 1 unspecified atom stereocenters. The molecule has 3 aromatic heterocycles. The van der Waals surface area contributed by atoms with Crippen LogP contribution >= 0.6 is 0 Å². The summed E-state index contributed by atoms with van der Waals surface area (Å²) in [5.74, 6) is 1.77. The van der Waals surface area contributed by atoms with E-state index in [0.29, 0.717) is 6.04 Å². The number of pyridine rings is 1. The molecule has 0 saturated carbocycles. The Morgan fingerprint density at radius 1 is 1.27 bits per heavy atom. The maximum atomic E-state index is 7.00. The van der Waals surface area contributed by atoms with Crippen molar-refractivity contribution in [3.8, 4) is 5.82 Å². The third-order valence-corrected chi connectivity index (χ3v) is 4.63. The Morgan fingerprint density at radius 3 is 2.77 bits per heavy atom. The van der Waals surface area contributed by atoms with Gasteiger partial charge in [-0.3, -0.25) is 5.10 Å². The van der Waals surface area contributed by atoms with Gasteiger partial charge in [0, 0.05) is 38.3 Å². The minimum absolute atomic E-state index is 0.326. The van der Waals surface area contributed by atoms with Crippen molar-refractivity contribution in [2.75, 3.05) is 45.0 Å². The van der Waals surface area contributed by atoms with Gasteiger partial charge in [-0.2, -0.15) is 14.9 Å². The Bertz CT molecular complexity index is 833. The van der Waals surface area contributed by atoms with Crippen molar-refractivity contribution < 1.29 is 14.6 Å². The predicted molar refractivity (Wildman–Crippen MR) is 118 cm³/mol. The molecule has 30 heavy (non-hydrogen) atoms. The normalized spacial score (nSPS) is 15.9. The Hall–Kier alpha value is -2.49. The second kappa shape index (κ2) is 12.9. The van der Waals surface area contributed by atoms with E-state index in [1.165, 1.54) is 12.8 Å². The van der Waals surface area contributed by atoms with E-state index in [0.717, 1.165) is 62.8 Å². The van der Waals surface area contributed by atoms with Crippen molar-refractivity contribution in [3.05, 3.63) is 30.6 Å². The van der Waals surface area contributed by atoms with Crippen LogP contribution in [0.2, 0.25) is 0 Å². The standard InChI is InChI=1S/C14H16N6O.C6H14O.CH4O/c1-10-9-21-7-6-19(10)12-3-2-11-8-16-20(14(11)17-12)13-4-5-15-18-13;1-3-5-6-7-4-2;1-2/h2-5,8,10H,6-7,9H2,1H3,(H,15,18);3-6H2,1-2H3;2H,1H3. The number of nitrogens with zero attached hydrogens (tertiary/aromatic N) is 5. The van der Waals surface area contributed by atoms with Gasteiger partial charge in [-0.15, -0.1) is 0 Å². The van der Waals surface area contributed by atoms with Gasteiger partial charge in [-0.1, -0.05) is 13.3 Å². The number of unbranched alkanes of at least 4 members (excludes halogenated alkanes) is 1. The molecule has 0 bridgehead atoms. The average Bonchev–Trinajstić information content (AvgIpc) is 3.46. The number of fused-ring (bicyclic) bond motifs is 1. The summed E-state index contributed by atoms with van der Waals surface area (Å²) in [7, 11) is 1.00. The van der Waals surface area contributed by atoms with Gasteiger partial charge in [0.25, 0.3) is 0 Å². The van der Waals surface area contributed by atoms with E-state index in [1.54, 1.807) is 10.9 Å². The first-order valence-electron chi connectivity index (χ1n) is 10.5. The summed E-state index contributed by atoms with van der Waals surface area (Å²) in [5.41, 5.74) is 0.829. The number of hydrogen-bond donors (Lipinski definition) is 2. The Labute approximate surface area is 178 Å². The molecule has 1 aliphatic rings. The first-order valence-corrected chi connectivity index (χ1v) is 10.5. The van der Waals surface area contributed by atoms with Crippen molar-refractivity contribution >= 4 is 16.9 Å². The lowest BCUT2D eigenvalue weighted by molar-refractivity contribution is 0.0985. The summed E-state index contributed by atoms with van der Waals surface area (Å²) in [6.45, 7) is 10.5. The number of hydrogen-bond acceptors (Lipinski definition) is 7. The molecule has 1 atom stereocenters. The molecule has 166 valence electrons. The van der Waals surface area contributed by atoms with E-state index in [9.17, 15) is 0 Å². The molecule has 1 aliphatic heterocycles. The van der Waals surface area contributed by atoms with Crippen LogP contribution < -0.4 is 4.90 Å². The summed E-state index contributed by atoms with van der Waals surface area (Å²) in [6.07, 6.45) is 5.96. The van der Waals surface area contributed by atoms with Crippen LogP contribution in [0, 0.1) is 0 Å². The van der Waals surface area contributed by atoms with E-state index in [4.69, 9.17) is 19.6 Å². The zero-order valence-electron chi connectivity index (χ0n) is 18.4. The molecule has 1 saturated heterocycles. The lowest BCUT2D eigenvalue weighted by atomic mass is 10.2. The molecule has 0 radical (unpaired) electrons. The first-order chi connectivity index (χ1) is 14.7. The maximum Gasteiger partial charge on any atom is 0.166 e. The molecule has 3 aromatic rings. The second-order valence-corrected chi connectivity index (χ2v) is 6.75. The van der Waals surface area contributed by atoms with E-state index >= 15 is 0 Å². The zero-order chi connectivity index (χ0) is 21.8. The highest BCUT2D eigenvalue weighted by molar-refractivity contribution is 5.78. The molecular formula is C21H34N6O3. The highest BCUT2D eigenvalue weighted by atomic mass is 16.5. The summed E-state index contributed by atoms with van der Waals surface area (Å²) >= 11 is 0. The van der Waals surface area contributed by atoms with Crippen LogP contribution in [0.1, 0.15) is 33.6 Å². The number of anilines is 1. The highest BCUT2D eigenvalue weighted by Gasteiger charge is 2.21. The van der Waals surface area contributed by atoms with Crippen molar-refractivity contribution in [2.24, 2.45) is 0 Å². The Morgan fingerprint density at radius 2 is 2.10 bits per heavy atom. The van der Waals surface area contributed by atoms with Gasteiger partial charge in [-0.05, 0) is 32.4 Å². The molecule has 4 heterocycles. The number of aromatic amines is 1. The number of morpholine rings is 1. The van der Waals surface area contributed by atoms with Crippen molar-refractivity contribution in [1.82, 2.24) is 25.0 Å². The number of aromatic nitrogens is 5. The molecule has 0 aromatic carbocycles. The monoisotopic (exact) mass is 418 g/mol. The van der Waals surface area contributed by atoms with Crippen LogP contribution in [-0.4, -0.2) is 76.2 Å². The number of nitrogens with one attached hydrogen (secondary N) is 1. The van der Waals surface area contributed by atoms with Crippen LogP contribution in [0.4, 0.5) is 5.82 Å². The summed E-state index contributed by atoms with van der Waals surface area (Å²) < 4.78 is 12.3. The van der Waals surface area contributed by atoms with Gasteiger partial charge in [0.15, 0.2) is 11.5 Å².